The van der Waals surface area contributed by atoms with Gasteiger partial charge in [-0.1, -0.05) is 28.1 Å². The number of aromatic nitrogens is 1. The summed E-state index contributed by atoms with van der Waals surface area (Å²) in [5.74, 6) is 1.81. The van der Waals surface area contributed by atoms with Crippen LogP contribution in [0, 0.1) is 0 Å². The van der Waals surface area contributed by atoms with Gasteiger partial charge in [0.15, 0.2) is 11.7 Å². The van der Waals surface area contributed by atoms with Gasteiger partial charge in [0, 0.05) is 16.9 Å². The fourth-order valence-corrected chi connectivity index (χ4v) is 5.18. The molecule has 1 N–H and O–H groups in total. The van der Waals surface area contributed by atoms with Gasteiger partial charge in [0.25, 0.3) is 0 Å². The van der Waals surface area contributed by atoms with Crippen LogP contribution in [0.15, 0.2) is 55.7 Å². The zero-order valence-electron chi connectivity index (χ0n) is 13.1. The minimum atomic E-state index is -3.56. The average molecular weight is 439 g/mol. The van der Waals surface area contributed by atoms with E-state index in [4.69, 9.17) is 4.42 Å². The summed E-state index contributed by atoms with van der Waals surface area (Å²) in [5, 5.41) is 0. The number of hydrogen-bond donors (Lipinski definition) is 1. The van der Waals surface area contributed by atoms with E-state index in [1.807, 2.05) is 24.3 Å². The quantitative estimate of drug-likeness (QED) is 0.613. The van der Waals surface area contributed by atoms with E-state index in [1.165, 1.54) is 11.3 Å². The van der Waals surface area contributed by atoms with Crippen molar-refractivity contribution in [3.05, 3.63) is 58.5 Å². The average Bonchev–Trinajstić information content (AvgIpc) is 3.11. The summed E-state index contributed by atoms with van der Waals surface area (Å²) in [5.41, 5.74) is 0.888. The number of sulfonamides is 1. The van der Waals surface area contributed by atoms with Gasteiger partial charge in [-0.05, 0) is 42.7 Å². The van der Waals surface area contributed by atoms with Crippen LogP contribution in [0.2, 0.25) is 0 Å². The van der Waals surface area contributed by atoms with Gasteiger partial charge in [0.05, 0.1) is 11.1 Å². The summed E-state index contributed by atoms with van der Waals surface area (Å²) < 4.78 is 34.6. The third kappa shape index (κ3) is 3.87. The van der Waals surface area contributed by atoms with Gasteiger partial charge in [0.1, 0.15) is 4.21 Å². The van der Waals surface area contributed by atoms with Gasteiger partial charge in [0.2, 0.25) is 10.0 Å². The highest BCUT2D eigenvalue weighted by molar-refractivity contribution is 9.10. The van der Waals surface area contributed by atoms with Crippen molar-refractivity contribution in [2.75, 3.05) is 0 Å². The van der Waals surface area contributed by atoms with E-state index < -0.39 is 10.0 Å². The Morgan fingerprint density at radius 2 is 2.12 bits per heavy atom. The Morgan fingerprint density at radius 1 is 1.28 bits per heavy atom. The highest BCUT2D eigenvalue weighted by atomic mass is 79.9. The first-order valence-electron chi connectivity index (χ1n) is 7.81. The van der Waals surface area contributed by atoms with Crippen LogP contribution in [0.5, 0.6) is 0 Å². The van der Waals surface area contributed by atoms with Crippen molar-refractivity contribution in [3.8, 4) is 10.6 Å². The second kappa shape index (κ2) is 6.68. The van der Waals surface area contributed by atoms with Crippen molar-refractivity contribution in [2.24, 2.45) is 0 Å². The molecular weight excluding hydrogens is 424 g/mol. The lowest BCUT2D eigenvalue weighted by molar-refractivity contribution is 0.510. The van der Waals surface area contributed by atoms with Gasteiger partial charge in [-0.2, -0.15) is 0 Å². The summed E-state index contributed by atoms with van der Waals surface area (Å²) >= 11 is 4.56. The molecule has 25 heavy (non-hydrogen) atoms. The molecule has 1 saturated carbocycles. The monoisotopic (exact) mass is 438 g/mol. The summed E-state index contributed by atoms with van der Waals surface area (Å²) in [6, 6.07) is 10.9. The molecule has 2 aromatic heterocycles. The largest absolute Gasteiger partial charge is 0.440 e. The van der Waals surface area contributed by atoms with Gasteiger partial charge in [-0.25, -0.2) is 18.1 Å². The number of hydrogen-bond acceptors (Lipinski definition) is 5. The normalized spacial score (nSPS) is 14.8. The molecule has 0 saturated heterocycles. The summed E-state index contributed by atoms with van der Waals surface area (Å²) in [6.45, 7) is 0.239. The number of rotatable bonds is 6. The van der Waals surface area contributed by atoms with Crippen LogP contribution in [0.1, 0.15) is 30.2 Å². The Hall–Kier alpha value is -1.48. The second-order valence-electron chi connectivity index (χ2n) is 5.91. The first-order valence-corrected chi connectivity index (χ1v) is 10.9. The molecule has 1 fully saturated rings. The molecule has 0 unspecified atom stereocenters. The van der Waals surface area contributed by atoms with Crippen molar-refractivity contribution < 1.29 is 12.8 Å². The molecule has 1 aliphatic rings. The predicted molar refractivity (Wildman–Crippen MR) is 100.0 cm³/mol. The van der Waals surface area contributed by atoms with Crippen LogP contribution >= 0.6 is 27.3 Å². The molecule has 2 heterocycles. The number of benzene rings is 1. The molecule has 0 spiro atoms. The fraction of sp³-hybridized carbons (Fsp3) is 0.235. The van der Waals surface area contributed by atoms with Gasteiger partial charge >= 0.3 is 0 Å². The SMILES string of the molecule is O=S(=O)(NCc1cccc(Br)c1)c1ccc(-c2cnc(C3CC3)o2)s1. The number of oxazole rings is 1. The number of thiophene rings is 1. The molecule has 1 aromatic carbocycles. The summed E-state index contributed by atoms with van der Waals surface area (Å²) in [7, 11) is -3.56. The van der Waals surface area contributed by atoms with Crippen molar-refractivity contribution in [3.63, 3.8) is 0 Å². The van der Waals surface area contributed by atoms with Crippen LogP contribution in [0.25, 0.3) is 10.6 Å². The van der Waals surface area contributed by atoms with Gasteiger partial charge < -0.3 is 4.42 Å². The summed E-state index contributed by atoms with van der Waals surface area (Å²) in [4.78, 5) is 5.05. The van der Waals surface area contributed by atoms with Crippen LogP contribution in [-0.2, 0) is 16.6 Å². The summed E-state index contributed by atoms with van der Waals surface area (Å²) in [6.07, 6.45) is 3.90. The van der Waals surface area contributed by atoms with Gasteiger partial charge in [-0.3, -0.25) is 0 Å². The third-order valence-electron chi connectivity index (χ3n) is 3.89. The van der Waals surface area contributed by atoms with E-state index in [2.05, 4.69) is 25.6 Å². The molecule has 1 aliphatic carbocycles. The Kier molecular flexibility index (Phi) is 4.53. The third-order valence-corrected chi connectivity index (χ3v) is 7.38. The zero-order chi connectivity index (χ0) is 17.4. The molecule has 0 amide bonds. The first-order chi connectivity index (χ1) is 12.0. The molecule has 0 atom stereocenters. The highest BCUT2D eigenvalue weighted by Crippen LogP contribution is 2.41. The lowest BCUT2D eigenvalue weighted by Crippen LogP contribution is -2.22. The topological polar surface area (TPSA) is 72.2 Å². The molecule has 8 heteroatoms. The van der Waals surface area contributed by atoms with Crippen molar-refractivity contribution in [2.45, 2.75) is 29.5 Å². The lowest BCUT2D eigenvalue weighted by Gasteiger charge is -2.05. The Morgan fingerprint density at radius 3 is 2.88 bits per heavy atom. The maximum absolute atomic E-state index is 12.5. The molecule has 3 aromatic rings. The Balaban J connectivity index is 1.49. The van der Waals surface area contributed by atoms with E-state index in [0.29, 0.717) is 11.7 Å². The van der Waals surface area contributed by atoms with Crippen LogP contribution in [0.4, 0.5) is 0 Å². The van der Waals surface area contributed by atoms with E-state index in [9.17, 15) is 8.42 Å². The van der Waals surface area contributed by atoms with Crippen molar-refractivity contribution in [1.82, 2.24) is 9.71 Å². The van der Waals surface area contributed by atoms with Crippen LogP contribution in [-0.4, -0.2) is 13.4 Å². The molecule has 4 rings (SSSR count). The Labute approximate surface area is 158 Å². The maximum Gasteiger partial charge on any atom is 0.250 e. The van der Waals surface area contributed by atoms with Gasteiger partial charge in [-0.15, -0.1) is 11.3 Å². The van der Waals surface area contributed by atoms with Crippen molar-refractivity contribution in [1.29, 1.82) is 0 Å². The minimum Gasteiger partial charge on any atom is -0.440 e. The zero-order valence-corrected chi connectivity index (χ0v) is 16.3. The highest BCUT2D eigenvalue weighted by Gasteiger charge is 2.29. The molecule has 5 nitrogen and oxygen atoms in total. The number of nitrogens with one attached hydrogen (secondary N) is 1. The molecule has 0 bridgehead atoms. The van der Waals surface area contributed by atoms with E-state index in [0.717, 1.165) is 33.6 Å². The van der Waals surface area contributed by atoms with Crippen molar-refractivity contribution >= 4 is 37.3 Å². The minimum absolute atomic E-state index is 0.239. The molecule has 0 aliphatic heterocycles. The second-order valence-corrected chi connectivity index (χ2v) is 9.90. The van der Waals surface area contributed by atoms with Crippen LogP contribution < -0.4 is 4.72 Å². The number of halogens is 1. The fourth-order valence-electron chi connectivity index (χ4n) is 2.41. The first kappa shape index (κ1) is 17.0. The van der Waals surface area contributed by atoms with E-state index in [1.54, 1.807) is 18.3 Å². The molecule has 0 radical (unpaired) electrons. The standard InChI is InChI=1S/C17H15BrN2O3S2/c18-13-3-1-2-11(8-13)9-20-25(21,22)16-7-6-15(24-16)14-10-19-17(23-14)12-4-5-12/h1-3,6-8,10,12,20H,4-5,9H2. The molecular formula is C17H15BrN2O3S2. The number of nitrogens with zero attached hydrogens (tertiary/aromatic N) is 1. The smallest absolute Gasteiger partial charge is 0.250 e. The van der Waals surface area contributed by atoms with E-state index in [-0.39, 0.29) is 10.8 Å². The Bertz CT molecular complexity index is 1010. The van der Waals surface area contributed by atoms with E-state index >= 15 is 0 Å². The maximum atomic E-state index is 12.5. The molecule has 130 valence electrons. The predicted octanol–water partition coefficient (Wildman–Crippen LogP) is 4.52. The van der Waals surface area contributed by atoms with Crippen LogP contribution in [0.3, 0.4) is 0 Å². The lowest BCUT2D eigenvalue weighted by atomic mass is 10.2.